The molecule has 0 fully saturated rings. The molecule has 3 rings (SSSR count). The second-order valence-electron chi connectivity index (χ2n) is 6.08. The number of carbonyl (C=O) groups excluding carboxylic acids is 1. The molecule has 1 atom stereocenters. The van der Waals surface area contributed by atoms with Gasteiger partial charge in [0.25, 0.3) is 5.24 Å². The number of nitrogens with one attached hydrogen (secondary N) is 1. The molecule has 0 saturated carbocycles. The molecule has 2 aromatic rings. The Morgan fingerprint density at radius 2 is 2.15 bits per heavy atom. The van der Waals surface area contributed by atoms with Crippen molar-refractivity contribution in [1.29, 1.82) is 0 Å². The first-order valence-corrected chi connectivity index (χ1v) is 11.8. The molecule has 0 spiro atoms. The Balaban J connectivity index is 0.000000273. The van der Waals surface area contributed by atoms with Crippen molar-refractivity contribution in [3.05, 3.63) is 52.4 Å². The molecule has 27 heavy (non-hydrogen) atoms. The predicted molar refractivity (Wildman–Crippen MR) is 120 cm³/mol. The van der Waals surface area contributed by atoms with E-state index < -0.39 is 0 Å². The minimum Gasteiger partial charge on any atom is -0.415 e. The third-order valence-electron chi connectivity index (χ3n) is 4.04. The van der Waals surface area contributed by atoms with Crippen molar-refractivity contribution in [2.75, 3.05) is 6.26 Å². The first-order valence-electron chi connectivity index (χ1n) is 8.93. The van der Waals surface area contributed by atoms with Gasteiger partial charge in [-0.05, 0) is 67.0 Å². The van der Waals surface area contributed by atoms with Gasteiger partial charge in [0, 0.05) is 6.26 Å². The topological polar surface area (TPSA) is 50.7 Å². The van der Waals surface area contributed by atoms with Crippen LogP contribution in [0.2, 0.25) is 0 Å². The van der Waals surface area contributed by atoms with E-state index in [9.17, 15) is 4.79 Å². The van der Waals surface area contributed by atoms with E-state index in [0.717, 1.165) is 22.8 Å². The van der Waals surface area contributed by atoms with Gasteiger partial charge >= 0.3 is 0 Å². The smallest absolute Gasteiger partial charge is 0.299 e. The summed E-state index contributed by atoms with van der Waals surface area (Å²) >= 11 is 4.27. The molecule has 1 unspecified atom stereocenters. The summed E-state index contributed by atoms with van der Waals surface area (Å²) in [6.07, 6.45) is 5.42. The van der Waals surface area contributed by atoms with Crippen LogP contribution in [-0.2, 0) is 6.42 Å². The van der Waals surface area contributed by atoms with Crippen molar-refractivity contribution in [3.63, 3.8) is 0 Å². The molecule has 146 valence electrons. The lowest BCUT2D eigenvalue weighted by atomic mass is 9.97. The Labute approximate surface area is 174 Å². The van der Waals surface area contributed by atoms with Gasteiger partial charge in [-0.1, -0.05) is 37.2 Å². The fraction of sp³-hybridized carbons (Fsp3) is 0.400. The maximum absolute atomic E-state index is 11.3. The number of amides is 1. The van der Waals surface area contributed by atoms with Crippen LogP contribution in [0, 0.1) is 6.92 Å². The molecule has 1 aliphatic heterocycles. The summed E-state index contributed by atoms with van der Waals surface area (Å²) in [7, 11) is 0. The molecule has 1 aromatic carbocycles. The first-order chi connectivity index (χ1) is 13.0. The molecule has 0 radical (unpaired) electrons. The van der Waals surface area contributed by atoms with Gasteiger partial charge in [0.2, 0.25) is 0 Å². The minimum atomic E-state index is -0.0745. The fourth-order valence-corrected chi connectivity index (χ4v) is 4.35. The summed E-state index contributed by atoms with van der Waals surface area (Å²) in [6, 6.07) is 10.4. The van der Waals surface area contributed by atoms with Crippen molar-refractivity contribution >= 4 is 46.1 Å². The van der Waals surface area contributed by atoms with E-state index in [1.807, 2.05) is 30.7 Å². The highest BCUT2D eigenvalue weighted by atomic mass is 32.2. The minimum absolute atomic E-state index is 0.0745. The maximum atomic E-state index is 11.3. The second kappa shape index (κ2) is 11.4. The Hall–Kier alpha value is -1.44. The van der Waals surface area contributed by atoms with E-state index in [2.05, 4.69) is 42.6 Å². The SMILES string of the molecule is CCCCc1cc(C2=NNC(=O)SC2C)ccc1C.CSOc1cccs1. The third-order valence-corrected chi connectivity index (χ3v) is 6.12. The number of aryl methyl sites for hydroxylation is 2. The van der Waals surface area contributed by atoms with E-state index in [-0.39, 0.29) is 10.5 Å². The molecule has 0 aliphatic carbocycles. The summed E-state index contributed by atoms with van der Waals surface area (Å²) in [6.45, 7) is 6.38. The van der Waals surface area contributed by atoms with Gasteiger partial charge in [-0.25, -0.2) is 5.43 Å². The zero-order valence-corrected chi connectivity index (χ0v) is 18.6. The monoisotopic (exact) mass is 422 g/mol. The average Bonchev–Trinajstić information content (AvgIpc) is 3.15. The number of rotatable bonds is 6. The lowest BCUT2D eigenvalue weighted by Crippen LogP contribution is -2.29. The highest BCUT2D eigenvalue weighted by Gasteiger charge is 2.22. The summed E-state index contributed by atoms with van der Waals surface area (Å²) in [4.78, 5) is 11.3. The molecule has 1 amide bonds. The van der Waals surface area contributed by atoms with E-state index in [0.29, 0.717) is 0 Å². The van der Waals surface area contributed by atoms with Gasteiger partial charge in [0.15, 0.2) is 5.06 Å². The molecule has 4 nitrogen and oxygen atoms in total. The molecule has 1 aromatic heterocycles. The summed E-state index contributed by atoms with van der Waals surface area (Å²) in [5.74, 6) is 0. The van der Waals surface area contributed by atoms with E-state index in [1.54, 1.807) is 11.3 Å². The van der Waals surface area contributed by atoms with Crippen molar-refractivity contribution in [2.24, 2.45) is 5.10 Å². The molecule has 0 saturated heterocycles. The third kappa shape index (κ3) is 6.90. The number of thiophene rings is 1. The van der Waals surface area contributed by atoms with Crippen LogP contribution in [-0.4, -0.2) is 22.5 Å². The Bertz CT molecular complexity index is 761. The lowest BCUT2D eigenvalue weighted by Gasteiger charge is -2.19. The van der Waals surface area contributed by atoms with Gasteiger partial charge in [-0.3, -0.25) is 4.79 Å². The van der Waals surface area contributed by atoms with Crippen LogP contribution in [0.1, 0.15) is 43.4 Å². The van der Waals surface area contributed by atoms with Crippen molar-refractivity contribution < 1.29 is 8.98 Å². The largest absolute Gasteiger partial charge is 0.415 e. The predicted octanol–water partition coefficient (Wildman–Crippen LogP) is 6.29. The van der Waals surface area contributed by atoms with Crippen LogP contribution < -0.4 is 9.61 Å². The van der Waals surface area contributed by atoms with Crippen molar-refractivity contribution in [2.45, 2.75) is 45.3 Å². The van der Waals surface area contributed by atoms with Crippen LogP contribution in [0.4, 0.5) is 4.79 Å². The quantitative estimate of drug-likeness (QED) is 0.556. The van der Waals surface area contributed by atoms with Crippen LogP contribution in [0.15, 0.2) is 40.8 Å². The standard InChI is InChI=1S/C15H20N2OS.C5H6OS2/c1-4-5-6-12-9-13(8-7-10(12)2)14-11(3)19-15(18)17-16-14;1-7-6-5-3-2-4-8-5/h7-9,11H,4-6H2,1-3H3,(H,17,18);2-4H,1H3. The summed E-state index contributed by atoms with van der Waals surface area (Å²) in [5, 5.41) is 7.20. The number of benzene rings is 1. The Morgan fingerprint density at radius 1 is 1.33 bits per heavy atom. The normalized spacial score (nSPS) is 16.1. The molecular weight excluding hydrogens is 396 g/mol. The van der Waals surface area contributed by atoms with Gasteiger partial charge in [0.05, 0.1) is 23.0 Å². The maximum Gasteiger partial charge on any atom is 0.299 e. The molecule has 2 heterocycles. The van der Waals surface area contributed by atoms with E-state index >= 15 is 0 Å². The highest BCUT2D eigenvalue weighted by Crippen LogP contribution is 2.23. The lowest BCUT2D eigenvalue weighted by molar-refractivity contribution is 0.261. The van der Waals surface area contributed by atoms with E-state index in [1.165, 1.54) is 47.8 Å². The van der Waals surface area contributed by atoms with Gasteiger partial charge in [-0.2, -0.15) is 5.10 Å². The number of carbonyl (C=O) groups is 1. The average molecular weight is 423 g/mol. The number of nitrogens with zero attached hydrogens (tertiary/aromatic N) is 1. The Morgan fingerprint density at radius 3 is 2.78 bits per heavy atom. The zero-order valence-electron chi connectivity index (χ0n) is 16.2. The fourth-order valence-electron chi connectivity index (χ4n) is 2.60. The molecule has 1 N–H and O–H groups in total. The zero-order chi connectivity index (χ0) is 19.6. The van der Waals surface area contributed by atoms with Crippen molar-refractivity contribution in [3.8, 4) is 5.06 Å². The first kappa shape index (κ1) is 21.9. The summed E-state index contributed by atoms with van der Waals surface area (Å²) < 4.78 is 5.08. The van der Waals surface area contributed by atoms with Crippen LogP contribution in [0.25, 0.3) is 0 Å². The number of hydrazone groups is 1. The number of hydrogen-bond acceptors (Lipinski definition) is 6. The summed E-state index contributed by atoms with van der Waals surface area (Å²) in [5.41, 5.74) is 7.35. The number of hydrogen-bond donors (Lipinski definition) is 1. The van der Waals surface area contributed by atoms with Crippen molar-refractivity contribution in [1.82, 2.24) is 5.43 Å². The van der Waals surface area contributed by atoms with Gasteiger partial charge in [-0.15, -0.1) is 11.3 Å². The Kier molecular flexibility index (Phi) is 9.24. The molecule has 1 aliphatic rings. The van der Waals surface area contributed by atoms with Gasteiger partial charge < -0.3 is 4.18 Å². The molecule has 7 heteroatoms. The highest BCUT2D eigenvalue weighted by molar-refractivity contribution is 8.14. The van der Waals surface area contributed by atoms with Crippen LogP contribution >= 0.6 is 35.1 Å². The molecular formula is C20H26N2O2S3. The number of unbranched alkanes of at least 4 members (excludes halogenated alkanes) is 1. The van der Waals surface area contributed by atoms with Gasteiger partial charge in [0.1, 0.15) is 0 Å². The van der Waals surface area contributed by atoms with E-state index in [4.69, 9.17) is 4.18 Å². The van der Waals surface area contributed by atoms with Crippen LogP contribution in [0.3, 0.4) is 0 Å². The number of thioether (sulfide) groups is 1. The molecule has 0 bridgehead atoms. The second-order valence-corrected chi connectivity index (χ2v) is 8.81. The van der Waals surface area contributed by atoms with Crippen LogP contribution in [0.5, 0.6) is 5.06 Å².